The maximum Gasteiger partial charge on any atom is 0.0552 e. The largest absolute Gasteiger partial charge is 0.290 e. The van der Waals surface area contributed by atoms with E-state index >= 15 is 0 Å². The molecule has 17 heavy (non-hydrogen) atoms. The summed E-state index contributed by atoms with van der Waals surface area (Å²) in [6, 6.07) is 2.69. The van der Waals surface area contributed by atoms with Gasteiger partial charge in [-0.1, -0.05) is 6.92 Å². The number of nitrogens with zero attached hydrogens (tertiary/aromatic N) is 3. The molecule has 2 heterocycles. The lowest BCUT2D eigenvalue weighted by molar-refractivity contribution is 0.0288. The lowest BCUT2D eigenvalue weighted by Gasteiger charge is -2.46. The summed E-state index contributed by atoms with van der Waals surface area (Å²) in [5.41, 5.74) is 1.58. The normalized spacial score (nSPS) is 27.4. The van der Waals surface area contributed by atoms with E-state index in [1.807, 2.05) is 10.9 Å². The van der Waals surface area contributed by atoms with E-state index in [1.54, 1.807) is 0 Å². The Kier molecular flexibility index (Phi) is 3.30. The number of hydrogen-bond donors (Lipinski definition) is 0. The zero-order valence-corrected chi connectivity index (χ0v) is 11.8. The number of hydrogen-bond acceptors (Lipinski definition) is 2. The molecule has 0 aromatic carbocycles. The van der Waals surface area contributed by atoms with E-state index in [0.717, 1.165) is 5.92 Å². The predicted octanol–water partition coefficient (Wildman–Crippen LogP) is 2.99. The van der Waals surface area contributed by atoms with Gasteiger partial charge in [-0.05, 0) is 52.1 Å². The molecule has 0 radical (unpaired) electrons. The van der Waals surface area contributed by atoms with Gasteiger partial charge in [-0.25, -0.2) is 0 Å². The molecule has 1 aromatic rings. The molecule has 3 heteroatoms. The first kappa shape index (κ1) is 12.6. The zero-order chi connectivity index (χ0) is 12.6. The third-order valence-corrected chi connectivity index (χ3v) is 3.93. The van der Waals surface area contributed by atoms with Gasteiger partial charge in [0.25, 0.3) is 0 Å². The highest BCUT2D eigenvalue weighted by molar-refractivity contribution is 5.10. The Morgan fingerprint density at radius 3 is 2.59 bits per heavy atom. The minimum atomic E-state index is 0.231. The van der Waals surface area contributed by atoms with Gasteiger partial charge in [0.15, 0.2) is 0 Å². The fraction of sp³-hybridized carbons (Fsp3) is 0.786. The monoisotopic (exact) mass is 235 g/mol. The summed E-state index contributed by atoms with van der Waals surface area (Å²) in [7, 11) is 2.05. The quantitative estimate of drug-likeness (QED) is 0.746. The smallest absolute Gasteiger partial charge is 0.0552 e. The van der Waals surface area contributed by atoms with E-state index in [4.69, 9.17) is 0 Å². The minimum Gasteiger partial charge on any atom is -0.290 e. The highest BCUT2D eigenvalue weighted by Crippen LogP contribution is 2.37. The Morgan fingerprint density at radius 1 is 1.35 bits per heavy atom. The molecule has 1 saturated heterocycles. The maximum atomic E-state index is 4.32. The third-order valence-electron chi connectivity index (χ3n) is 3.93. The van der Waals surface area contributed by atoms with Crippen molar-refractivity contribution >= 4 is 0 Å². The first-order chi connectivity index (χ1) is 7.89. The number of likely N-dealkylation sites (tertiary alicyclic amines) is 1. The van der Waals surface area contributed by atoms with E-state index in [-0.39, 0.29) is 5.54 Å². The van der Waals surface area contributed by atoms with Crippen LogP contribution in [0, 0.1) is 5.92 Å². The Hall–Kier alpha value is -0.830. The summed E-state index contributed by atoms with van der Waals surface area (Å²) in [6.45, 7) is 10.5. The van der Waals surface area contributed by atoms with Crippen molar-refractivity contribution in [2.75, 3.05) is 6.54 Å². The molecule has 96 valence electrons. The van der Waals surface area contributed by atoms with Crippen LogP contribution in [-0.4, -0.2) is 26.8 Å². The van der Waals surface area contributed by atoms with Gasteiger partial charge in [-0.2, -0.15) is 5.10 Å². The van der Waals surface area contributed by atoms with Crippen LogP contribution in [0.1, 0.15) is 52.3 Å². The first-order valence-corrected chi connectivity index (χ1v) is 6.64. The van der Waals surface area contributed by atoms with Crippen LogP contribution < -0.4 is 0 Å². The second-order valence-corrected chi connectivity index (χ2v) is 6.39. The van der Waals surface area contributed by atoms with Crippen LogP contribution in [0.25, 0.3) is 0 Å². The van der Waals surface area contributed by atoms with Gasteiger partial charge in [0.2, 0.25) is 0 Å². The van der Waals surface area contributed by atoms with Crippen molar-refractivity contribution in [1.82, 2.24) is 14.7 Å². The summed E-state index contributed by atoms with van der Waals surface area (Å²) in [5.74, 6) is 0.813. The number of piperidine rings is 1. The van der Waals surface area contributed by atoms with E-state index in [1.165, 1.54) is 25.1 Å². The fourth-order valence-corrected chi connectivity index (χ4v) is 2.94. The van der Waals surface area contributed by atoms with Crippen molar-refractivity contribution in [1.29, 1.82) is 0 Å². The Balaban J connectivity index is 2.29. The molecule has 1 aliphatic rings. The second-order valence-electron chi connectivity index (χ2n) is 6.39. The highest BCUT2D eigenvalue weighted by atomic mass is 15.3. The van der Waals surface area contributed by atoms with Crippen LogP contribution in [0.5, 0.6) is 0 Å². The molecule has 0 bridgehead atoms. The van der Waals surface area contributed by atoms with Crippen LogP contribution in [-0.2, 0) is 7.05 Å². The lowest BCUT2D eigenvalue weighted by Crippen LogP contribution is -2.48. The minimum absolute atomic E-state index is 0.231. The summed E-state index contributed by atoms with van der Waals surface area (Å²) in [5, 5.41) is 4.32. The van der Waals surface area contributed by atoms with Gasteiger partial charge in [-0.3, -0.25) is 9.58 Å². The van der Waals surface area contributed by atoms with Crippen LogP contribution in [0.15, 0.2) is 12.3 Å². The van der Waals surface area contributed by atoms with Gasteiger partial charge in [0.05, 0.1) is 11.7 Å². The second kappa shape index (κ2) is 4.45. The van der Waals surface area contributed by atoms with Crippen LogP contribution in [0.3, 0.4) is 0 Å². The molecule has 0 N–H and O–H groups in total. The average Bonchev–Trinajstić information content (AvgIpc) is 2.62. The topological polar surface area (TPSA) is 21.1 Å². The van der Waals surface area contributed by atoms with Crippen molar-refractivity contribution in [3.05, 3.63) is 18.0 Å². The van der Waals surface area contributed by atoms with Crippen molar-refractivity contribution in [3.8, 4) is 0 Å². The van der Waals surface area contributed by atoms with Crippen molar-refractivity contribution < 1.29 is 0 Å². The molecule has 1 fully saturated rings. The Morgan fingerprint density at radius 2 is 2.06 bits per heavy atom. The van der Waals surface area contributed by atoms with Gasteiger partial charge in [0, 0.05) is 18.8 Å². The molecule has 0 unspecified atom stereocenters. The Bertz CT molecular complexity index is 375. The van der Waals surface area contributed by atoms with E-state index in [9.17, 15) is 0 Å². The SMILES string of the molecule is C[C@H]1CCN(C(C)(C)C)[C@@H](c2ccnn2C)C1. The molecule has 0 saturated carbocycles. The molecule has 2 atom stereocenters. The number of aryl methyl sites for hydroxylation is 1. The average molecular weight is 235 g/mol. The molecule has 1 aliphatic heterocycles. The summed E-state index contributed by atoms with van der Waals surface area (Å²) >= 11 is 0. The van der Waals surface area contributed by atoms with Gasteiger partial charge >= 0.3 is 0 Å². The van der Waals surface area contributed by atoms with Gasteiger partial charge in [0.1, 0.15) is 0 Å². The Labute approximate surface area is 105 Å². The number of aromatic nitrogens is 2. The van der Waals surface area contributed by atoms with Crippen LogP contribution in [0.2, 0.25) is 0 Å². The summed E-state index contributed by atoms with van der Waals surface area (Å²) in [6.07, 6.45) is 4.47. The highest BCUT2D eigenvalue weighted by Gasteiger charge is 2.35. The molecular formula is C14H25N3. The predicted molar refractivity (Wildman–Crippen MR) is 70.8 cm³/mol. The molecule has 3 nitrogen and oxygen atoms in total. The van der Waals surface area contributed by atoms with E-state index in [0.29, 0.717) is 6.04 Å². The molecular weight excluding hydrogens is 210 g/mol. The van der Waals surface area contributed by atoms with E-state index in [2.05, 4.69) is 50.8 Å². The molecule has 0 amide bonds. The van der Waals surface area contributed by atoms with E-state index < -0.39 is 0 Å². The standard InChI is InChI=1S/C14H25N3/c1-11-7-9-17(14(2,3)4)13(10-11)12-6-8-15-16(12)5/h6,8,11,13H,7,9-10H2,1-5H3/t11-,13+/m0/s1. The molecule has 2 rings (SSSR count). The van der Waals surface area contributed by atoms with Crippen LogP contribution >= 0.6 is 0 Å². The van der Waals surface area contributed by atoms with Crippen molar-refractivity contribution in [3.63, 3.8) is 0 Å². The molecule has 0 aliphatic carbocycles. The van der Waals surface area contributed by atoms with Crippen LogP contribution in [0.4, 0.5) is 0 Å². The third kappa shape index (κ3) is 2.54. The lowest BCUT2D eigenvalue weighted by atomic mass is 9.87. The zero-order valence-electron chi connectivity index (χ0n) is 11.8. The van der Waals surface area contributed by atoms with Crippen molar-refractivity contribution in [2.45, 2.75) is 52.1 Å². The first-order valence-electron chi connectivity index (χ1n) is 6.64. The summed E-state index contributed by atoms with van der Waals surface area (Å²) < 4.78 is 2.03. The van der Waals surface area contributed by atoms with Gasteiger partial charge < -0.3 is 0 Å². The fourth-order valence-electron chi connectivity index (χ4n) is 2.94. The summed E-state index contributed by atoms with van der Waals surface area (Å²) in [4.78, 5) is 2.63. The van der Waals surface area contributed by atoms with Crippen molar-refractivity contribution in [2.24, 2.45) is 13.0 Å². The molecule has 0 spiro atoms. The maximum absolute atomic E-state index is 4.32. The number of rotatable bonds is 1. The van der Waals surface area contributed by atoms with Gasteiger partial charge in [-0.15, -0.1) is 0 Å². The molecule has 1 aromatic heterocycles.